The molecule has 1 aliphatic heterocycles. The van der Waals surface area contributed by atoms with E-state index in [4.69, 9.17) is 5.73 Å². The summed E-state index contributed by atoms with van der Waals surface area (Å²) < 4.78 is 0. The highest BCUT2D eigenvalue weighted by Gasteiger charge is 2.30. The minimum absolute atomic E-state index is 0. The van der Waals surface area contributed by atoms with Gasteiger partial charge in [0.15, 0.2) is 5.13 Å². The molecule has 8 heteroatoms. The lowest BCUT2D eigenvalue weighted by Crippen LogP contribution is -2.57. The van der Waals surface area contributed by atoms with Crippen LogP contribution in [0.1, 0.15) is 25.6 Å². The highest BCUT2D eigenvalue weighted by atomic mass is 35.5. The number of thiazole rings is 1. The molecule has 1 amide bonds. The topological polar surface area (TPSA) is 62.5 Å². The molecule has 0 aromatic carbocycles. The third-order valence-electron chi connectivity index (χ3n) is 3.28. The summed E-state index contributed by atoms with van der Waals surface area (Å²) >= 11 is 1.74. The molecule has 1 fully saturated rings. The number of carbonyl (C=O) groups excluding carboxylic acids is 1. The first kappa shape index (κ1) is 20.4. The first-order valence-electron chi connectivity index (χ1n) is 6.69. The van der Waals surface area contributed by atoms with Crippen molar-refractivity contribution >= 4 is 47.2 Å². The highest BCUT2D eigenvalue weighted by Crippen LogP contribution is 2.24. The van der Waals surface area contributed by atoms with Crippen molar-refractivity contribution < 1.29 is 4.79 Å². The molecule has 2 rings (SSSR count). The van der Waals surface area contributed by atoms with Gasteiger partial charge in [-0.2, -0.15) is 0 Å². The minimum Gasteiger partial charge on any atom is -0.345 e. The van der Waals surface area contributed by atoms with E-state index in [9.17, 15) is 4.79 Å². The van der Waals surface area contributed by atoms with Gasteiger partial charge in [0.25, 0.3) is 0 Å². The average molecular weight is 355 g/mol. The highest BCUT2D eigenvalue weighted by molar-refractivity contribution is 7.15. The van der Waals surface area contributed by atoms with Gasteiger partial charge in [-0.25, -0.2) is 4.98 Å². The summed E-state index contributed by atoms with van der Waals surface area (Å²) in [7, 11) is 0. The molecule has 122 valence electrons. The SMILES string of the molecule is CCc1cnc(N2CCN(C(=O)C(C)(C)N)CC2)s1.Cl.Cl. The van der Waals surface area contributed by atoms with E-state index in [0.717, 1.165) is 37.7 Å². The third kappa shape index (κ3) is 4.98. The van der Waals surface area contributed by atoms with Crippen LogP contribution in [0.15, 0.2) is 6.20 Å². The van der Waals surface area contributed by atoms with E-state index >= 15 is 0 Å². The maximum absolute atomic E-state index is 12.1. The van der Waals surface area contributed by atoms with Crippen molar-refractivity contribution in [3.63, 3.8) is 0 Å². The summed E-state index contributed by atoms with van der Waals surface area (Å²) in [5.41, 5.74) is 5.08. The van der Waals surface area contributed by atoms with Gasteiger partial charge in [0, 0.05) is 37.3 Å². The fourth-order valence-corrected chi connectivity index (χ4v) is 3.02. The van der Waals surface area contributed by atoms with Crippen molar-refractivity contribution in [2.45, 2.75) is 32.7 Å². The molecule has 1 saturated heterocycles. The largest absolute Gasteiger partial charge is 0.345 e. The van der Waals surface area contributed by atoms with E-state index in [1.807, 2.05) is 11.1 Å². The standard InChI is InChI=1S/C13H22N4OS.2ClH/c1-4-10-9-15-12(19-10)17-7-5-16(6-8-17)11(18)13(2,3)14;;/h9H,4-8,14H2,1-3H3;2*1H. The zero-order chi connectivity index (χ0) is 14.0. The Morgan fingerprint density at radius 1 is 1.33 bits per heavy atom. The average Bonchev–Trinajstić information content (AvgIpc) is 2.86. The Morgan fingerprint density at radius 2 is 1.90 bits per heavy atom. The molecule has 2 N–H and O–H groups in total. The second-order valence-electron chi connectivity index (χ2n) is 5.46. The van der Waals surface area contributed by atoms with E-state index in [0.29, 0.717) is 0 Å². The number of aromatic nitrogens is 1. The summed E-state index contributed by atoms with van der Waals surface area (Å²) in [5, 5.41) is 1.07. The molecule has 1 aromatic heterocycles. The molecule has 0 bridgehead atoms. The van der Waals surface area contributed by atoms with E-state index in [1.165, 1.54) is 4.88 Å². The number of hydrogen-bond acceptors (Lipinski definition) is 5. The van der Waals surface area contributed by atoms with Crippen molar-refractivity contribution in [1.82, 2.24) is 9.88 Å². The molecule has 5 nitrogen and oxygen atoms in total. The van der Waals surface area contributed by atoms with Crippen LogP contribution in [0.5, 0.6) is 0 Å². The molecular weight excluding hydrogens is 331 g/mol. The quantitative estimate of drug-likeness (QED) is 0.900. The van der Waals surface area contributed by atoms with Crippen molar-refractivity contribution in [2.24, 2.45) is 5.73 Å². The van der Waals surface area contributed by atoms with Crippen LogP contribution in [0.2, 0.25) is 0 Å². The molecular formula is C13H24Cl2N4OS. The number of rotatable bonds is 3. The summed E-state index contributed by atoms with van der Waals surface area (Å²) in [6, 6.07) is 0. The van der Waals surface area contributed by atoms with Crippen LogP contribution in [0.4, 0.5) is 5.13 Å². The second-order valence-corrected chi connectivity index (χ2v) is 6.56. The lowest BCUT2D eigenvalue weighted by atomic mass is 10.1. The first-order chi connectivity index (χ1) is 8.91. The van der Waals surface area contributed by atoms with E-state index < -0.39 is 5.54 Å². The summed E-state index contributed by atoms with van der Waals surface area (Å²) in [6.07, 6.45) is 2.97. The van der Waals surface area contributed by atoms with Crippen LogP contribution < -0.4 is 10.6 Å². The van der Waals surface area contributed by atoms with Crippen molar-refractivity contribution in [1.29, 1.82) is 0 Å². The van der Waals surface area contributed by atoms with E-state index in [2.05, 4.69) is 16.8 Å². The van der Waals surface area contributed by atoms with Gasteiger partial charge >= 0.3 is 0 Å². The van der Waals surface area contributed by atoms with Gasteiger partial charge in [0.2, 0.25) is 5.91 Å². The molecule has 21 heavy (non-hydrogen) atoms. The second kappa shape index (κ2) is 8.17. The number of nitrogens with two attached hydrogens (primary N) is 1. The fraction of sp³-hybridized carbons (Fsp3) is 0.692. The molecule has 0 aliphatic carbocycles. The molecule has 0 radical (unpaired) electrons. The van der Waals surface area contributed by atoms with Gasteiger partial charge in [-0.3, -0.25) is 4.79 Å². The van der Waals surface area contributed by atoms with Crippen LogP contribution in [0, 0.1) is 0 Å². The predicted molar refractivity (Wildman–Crippen MR) is 93.0 cm³/mol. The summed E-state index contributed by atoms with van der Waals surface area (Å²) in [4.78, 5) is 21.9. The number of hydrogen-bond donors (Lipinski definition) is 1. The summed E-state index contributed by atoms with van der Waals surface area (Å²) in [6.45, 7) is 8.77. The number of aryl methyl sites for hydroxylation is 1. The molecule has 2 heterocycles. The van der Waals surface area contributed by atoms with Gasteiger partial charge < -0.3 is 15.5 Å². The van der Waals surface area contributed by atoms with Gasteiger partial charge in [-0.05, 0) is 20.3 Å². The van der Waals surface area contributed by atoms with Gasteiger partial charge in [-0.15, -0.1) is 36.2 Å². The van der Waals surface area contributed by atoms with Crippen LogP contribution in [0.25, 0.3) is 0 Å². The third-order valence-corrected chi connectivity index (χ3v) is 4.48. The van der Waals surface area contributed by atoms with Crippen molar-refractivity contribution in [3.8, 4) is 0 Å². The first-order valence-corrected chi connectivity index (χ1v) is 7.51. The number of anilines is 1. The minimum atomic E-state index is -0.779. The number of amides is 1. The molecule has 0 unspecified atom stereocenters. The molecule has 0 atom stereocenters. The Morgan fingerprint density at radius 3 is 2.33 bits per heavy atom. The van der Waals surface area contributed by atoms with Gasteiger partial charge in [0.1, 0.15) is 0 Å². The monoisotopic (exact) mass is 354 g/mol. The number of halogens is 2. The van der Waals surface area contributed by atoms with E-state index in [-0.39, 0.29) is 30.7 Å². The summed E-state index contributed by atoms with van der Waals surface area (Å²) in [5.74, 6) is 0.0283. The normalized spacial score (nSPS) is 15.2. The number of carbonyl (C=O) groups is 1. The fourth-order valence-electron chi connectivity index (χ4n) is 2.12. The molecule has 1 aromatic rings. The maximum Gasteiger partial charge on any atom is 0.242 e. The van der Waals surface area contributed by atoms with Crippen LogP contribution in [0.3, 0.4) is 0 Å². The van der Waals surface area contributed by atoms with Crippen LogP contribution >= 0.6 is 36.2 Å². The molecule has 0 spiro atoms. The Bertz CT molecular complexity index is 453. The van der Waals surface area contributed by atoms with Gasteiger partial charge in [-0.1, -0.05) is 6.92 Å². The molecule has 0 saturated carbocycles. The van der Waals surface area contributed by atoms with E-state index in [1.54, 1.807) is 25.2 Å². The van der Waals surface area contributed by atoms with Crippen LogP contribution in [-0.2, 0) is 11.2 Å². The van der Waals surface area contributed by atoms with Gasteiger partial charge in [0.05, 0.1) is 5.54 Å². The Kier molecular flexibility index (Phi) is 7.95. The Labute approximate surface area is 142 Å². The lowest BCUT2D eigenvalue weighted by Gasteiger charge is -2.37. The maximum atomic E-state index is 12.1. The Hall–Kier alpha value is -0.560. The predicted octanol–water partition coefficient (Wildman–Crippen LogP) is 1.94. The van der Waals surface area contributed by atoms with Crippen molar-refractivity contribution in [3.05, 3.63) is 11.1 Å². The molecule has 1 aliphatic rings. The lowest BCUT2D eigenvalue weighted by molar-refractivity contribution is -0.136. The smallest absolute Gasteiger partial charge is 0.242 e. The Balaban J connectivity index is 0.00000200. The van der Waals surface area contributed by atoms with Crippen molar-refractivity contribution in [2.75, 3.05) is 31.1 Å². The van der Waals surface area contributed by atoms with Crippen LogP contribution in [-0.4, -0.2) is 47.5 Å². The zero-order valence-corrected chi connectivity index (χ0v) is 15.1. The number of nitrogens with zero attached hydrogens (tertiary/aromatic N) is 3. The number of piperazine rings is 1. The zero-order valence-electron chi connectivity index (χ0n) is 12.7.